The first-order valence-corrected chi connectivity index (χ1v) is 5.84. The van der Waals surface area contributed by atoms with Crippen LogP contribution in [0.15, 0.2) is 18.2 Å². The lowest BCUT2D eigenvalue weighted by Crippen LogP contribution is -2.40. The second-order valence-corrected chi connectivity index (χ2v) is 4.51. The van der Waals surface area contributed by atoms with Crippen molar-refractivity contribution in [3.63, 3.8) is 0 Å². The van der Waals surface area contributed by atoms with Gasteiger partial charge in [0.15, 0.2) is 0 Å². The highest BCUT2D eigenvalue weighted by Gasteiger charge is 2.35. The summed E-state index contributed by atoms with van der Waals surface area (Å²) < 4.78 is 4.79. The molecular weight excluding hydrogens is 256 g/mol. The number of nitrogens with zero attached hydrogens (tertiary/aromatic N) is 1. The maximum absolute atomic E-state index is 12.0. The highest BCUT2D eigenvalue weighted by molar-refractivity contribution is 6.31. The van der Waals surface area contributed by atoms with Gasteiger partial charge in [0.25, 0.3) is 5.91 Å². The second kappa shape index (κ2) is 4.86. The van der Waals surface area contributed by atoms with Gasteiger partial charge < -0.3 is 10.1 Å². The molecule has 6 heteroatoms. The minimum absolute atomic E-state index is 0.0702. The first kappa shape index (κ1) is 12.7. The fourth-order valence-corrected chi connectivity index (χ4v) is 1.88. The number of amides is 2. The molecule has 1 aliphatic rings. The molecule has 1 aliphatic heterocycles. The van der Waals surface area contributed by atoms with Crippen LogP contribution in [0, 0.1) is 6.92 Å². The van der Waals surface area contributed by atoms with Gasteiger partial charge in [-0.15, -0.1) is 0 Å². The summed E-state index contributed by atoms with van der Waals surface area (Å²) in [5, 5.41) is 3.33. The number of anilines is 1. The predicted octanol–water partition coefficient (Wildman–Crippen LogP) is 2.04. The van der Waals surface area contributed by atoms with Gasteiger partial charge in [0, 0.05) is 17.8 Å². The van der Waals surface area contributed by atoms with E-state index in [0.29, 0.717) is 10.7 Å². The first-order chi connectivity index (χ1) is 8.50. The average Bonchev–Trinajstić information content (AvgIpc) is 2.66. The van der Waals surface area contributed by atoms with E-state index in [-0.39, 0.29) is 12.5 Å². The molecule has 2 rings (SSSR count). The van der Waals surface area contributed by atoms with Gasteiger partial charge in [-0.2, -0.15) is 0 Å². The van der Waals surface area contributed by atoms with Crippen LogP contribution in [0.3, 0.4) is 0 Å². The van der Waals surface area contributed by atoms with Gasteiger partial charge in [0.1, 0.15) is 12.6 Å². The maximum atomic E-state index is 12.0. The van der Waals surface area contributed by atoms with Crippen LogP contribution in [0.5, 0.6) is 0 Å². The van der Waals surface area contributed by atoms with Crippen molar-refractivity contribution in [3.8, 4) is 0 Å². The van der Waals surface area contributed by atoms with Crippen LogP contribution >= 0.6 is 11.6 Å². The molecule has 1 aromatic carbocycles. The minimum atomic E-state index is -0.601. The largest absolute Gasteiger partial charge is 0.447 e. The number of hydrogen-bond acceptors (Lipinski definition) is 3. The topological polar surface area (TPSA) is 58.6 Å². The molecule has 1 N–H and O–H groups in total. The van der Waals surface area contributed by atoms with Crippen LogP contribution in [0.1, 0.15) is 5.56 Å². The third kappa shape index (κ3) is 2.26. The van der Waals surface area contributed by atoms with Gasteiger partial charge >= 0.3 is 6.09 Å². The van der Waals surface area contributed by atoms with Crippen molar-refractivity contribution >= 4 is 29.3 Å². The molecule has 18 heavy (non-hydrogen) atoms. The van der Waals surface area contributed by atoms with E-state index in [1.165, 1.54) is 11.9 Å². The summed E-state index contributed by atoms with van der Waals surface area (Å²) in [5.74, 6) is -0.284. The van der Waals surface area contributed by atoms with Gasteiger partial charge in [-0.3, -0.25) is 9.69 Å². The van der Waals surface area contributed by atoms with E-state index < -0.39 is 12.1 Å². The molecule has 1 unspecified atom stereocenters. The quantitative estimate of drug-likeness (QED) is 0.893. The maximum Gasteiger partial charge on any atom is 0.410 e. The first-order valence-electron chi connectivity index (χ1n) is 5.46. The van der Waals surface area contributed by atoms with Crippen molar-refractivity contribution in [2.45, 2.75) is 13.0 Å². The standard InChI is InChI=1S/C12H13ClN2O3/c1-7-8(13)4-3-5-9(7)14-11(16)10-6-18-12(17)15(10)2/h3-5,10H,6H2,1-2H3,(H,14,16). The summed E-state index contributed by atoms with van der Waals surface area (Å²) in [7, 11) is 1.53. The molecule has 0 saturated carbocycles. The van der Waals surface area contributed by atoms with Crippen molar-refractivity contribution in [1.29, 1.82) is 0 Å². The Labute approximate surface area is 110 Å². The number of halogens is 1. The summed E-state index contributed by atoms with van der Waals surface area (Å²) in [6.07, 6.45) is -0.488. The van der Waals surface area contributed by atoms with Crippen LogP contribution in [0.4, 0.5) is 10.5 Å². The van der Waals surface area contributed by atoms with Gasteiger partial charge in [-0.1, -0.05) is 17.7 Å². The van der Waals surface area contributed by atoms with Crippen LogP contribution in [-0.4, -0.2) is 36.6 Å². The highest BCUT2D eigenvalue weighted by Crippen LogP contribution is 2.23. The number of cyclic esters (lactones) is 1. The number of rotatable bonds is 2. The van der Waals surface area contributed by atoms with Gasteiger partial charge in [0.05, 0.1) is 0 Å². The molecule has 0 aromatic heterocycles. The monoisotopic (exact) mass is 268 g/mol. The molecule has 2 amide bonds. The summed E-state index contributed by atoms with van der Waals surface area (Å²) in [6, 6.07) is 4.67. The van der Waals surface area contributed by atoms with Gasteiger partial charge in [-0.25, -0.2) is 4.79 Å². The van der Waals surface area contributed by atoms with E-state index in [4.69, 9.17) is 16.3 Å². The van der Waals surface area contributed by atoms with Crippen molar-refractivity contribution in [1.82, 2.24) is 4.90 Å². The van der Waals surface area contributed by atoms with E-state index in [2.05, 4.69) is 5.32 Å². The van der Waals surface area contributed by atoms with Crippen molar-refractivity contribution in [2.24, 2.45) is 0 Å². The fourth-order valence-electron chi connectivity index (χ4n) is 1.70. The predicted molar refractivity (Wildman–Crippen MR) is 67.7 cm³/mol. The Morgan fingerprint density at radius 3 is 2.89 bits per heavy atom. The van der Waals surface area contributed by atoms with E-state index in [0.717, 1.165) is 5.56 Å². The van der Waals surface area contributed by atoms with Crippen molar-refractivity contribution in [2.75, 3.05) is 19.0 Å². The van der Waals surface area contributed by atoms with Crippen molar-refractivity contribution in [3.05, 3.63) is 28.8 Å². The average molecular weight is 269 g/mol. The van der Waals surface area contributed by atoms with E-state index in [1.807, 2.05) is 6.92 Å². The number of carbonyl (C=O) groups is 2. The van der Waals surface area contributed by atoms with E-state index >= 15 is 0 Å². The number of likely N-dealkylation sites (N-methyl/N-ethyl adjacent to an activating group) is 1. The number of benzene rings is 1. The Balaban J connectivity index is 2.12. The van der Waals surface area contributed by atoms with Crippen LogP contribution in [0.25, 0.3) is 0 Å². The number of ether oxygens (including phenoxy) is 1. The normalized spacial score (nSPS) is 18.7. The third-order valence-corrected chi connectivity index (χ3v) is 3.36. The zero-order valence-electron chi connectivity index (χ0n) is 10.1. The zero-order valence-corrected chi connectivity index (χ0v) is 10.8. The van der Waals surface area contributed by atoms with E-state index in [9.17, 15) is 9.59 Å². The van der Waals surface area contributed by atoms with Crippen LogP contribution in [0.2, 0.25) is 5.02 Å². The molecule has 96 valence electrons. The summed E-state index contributed by atoms with van der Waals surface area (Å²) in [4.78, 5) is 24.4. The number of carbonyl (C=O) groups excluding carboxylic acids is 2. The van der Waals surface area contributed by atoms with Gasteiger partial charge in [-0.05, 0) is 24.6 Å². The lowest BCUT2D eigenvalue weighted by molar-refractivity contribution is -0.119. The zero-order chi connectivity index (χ0) is 13.3. The highest BCUT2D eigenvalue weighted by atomic mass is 35.5. The molecule has 1 saturated heterocycles. The Bertz CT molecular complexity index is 504. The van der Waals surface area contributed by atoms with Crippen LogP contribution in [-0.2, 0) is 9.53 Å². The minimum Gasteiger partial charge on any atom is -0.447 e. The summed E-state index contributed by atoms with van der Waals surface area (Å²) in [6.45, 7) is 1.89. The SMILES string of the molecule is Cc1c(Cl)cccc1NC(=O)C1COC(=O)N1C. The summed E-state index contributed by atoms with van der Waals surface area (Å²) >= 11 is 5.97. The van der Waals surface area contributed by atoms with Gasteiger partial charge in [0.2, 0.25) is 0 Å². The molecule has 0 radical (unpaired) electrons. The molecule has 0 bridgehead atoms. The molecule has 1 aromatic rings. The number of nitrogens with one attached hydrogen (secondary N) is 1. The molecule has 1 heterocycles. The lowest BCUT2D eigenvalue weighted by atomic mass is 10.2. The van der Waals surface area contributed by atoms with Crippen LogP contribution < -0.4 is 5.32 Å². The third-order valence-electron chi connectivity index (χ3n) is 2.95. The second-order valence-electron chi connectivity index (χ2n) is 4.11. The molecule has 5 nitrogen and oxygen atoms in total. The Kier molecular flexibility index (Phi) is 3.43. The fraction of sp³-hybridized carbons (Fsp3) is 0.333. The molecule has 0 spiro atoms. The Hall–Kier alpha value is -1.75. The summed E-state index contributed by atoms with van der Waals surface area (Å²) in [5.41, 5.74) is 1.43. The number of hydrogen-bond donors (Lipinski definition) is 1. The van der Waals surface area contributed by atoms with E-state index in [1.54, 1.807) is 18.2 Å². The smallest absolute Gasteiger partial charge is 0.410 e. The lowest BCUT2D eigenvalue weighted by Gasteiger charge is -2.16. The molecule has 1 atom stereocenters. The molecular formula is C12H13ClN2O3. The Morgan fingerprint density at radius 2 is 2.28 bits per heavy atom. The molecule has 0 aliphatic carbocycles. The molecule has 1 fully saturated rings. The van der Waals surface area contributed by atoms with Crippen molar-refractivity contribution < 1.29 is 14.3 Å². The Morgan fingerprint density at radius 1 is 1.56 bits per heavy atom.